The maximum absolute atomic E-state index is 5.41. The van der Waals surface area contributed by atoms with E-state index in [0.717, 1.165) is 18.9 Å². The summed E-state index contributed by atoms with van der Waals surface area (Å²) in [5.74, 6) is 0.645. The Morgan fingerprint density at radius 2 is 2.31 bits per heavy atom. The molecule has 1 aromatic heterocycles. The fourth-order valence-corrected chi connectivity index (χ4v) is 2.19. The molecular formula is C13H20N2O. The summed E-state index contributed by atoms with van der Waals surface area (Å²) in [4.78, 5) is 4.36. The van der Waals surface area contributed by atoms with Crippen LogP contribution in [0.15, 0.2) is 24.4 Å². The first-order valence-electron chi connectivity index (χ1n) is 6.02. The zero-order valence-electron chi connectivity index (χ0n) is 10.0. The SMILES string of the molecule is CC(N[C@H](C)c1ccccn1)C1CCOC1. The molecule has 0 aliphatic carbocycles. The monoisotopic (exact) mass is 220 g/mol. The van der Waals surface area contributed by atoms with Crippen LogP contribution >= 0.6 is 0 Å². The number of pyridine rings is 1. The highest BCUT2D eigenvalue weighted by atomic mass is 16.5. The Morgan fingerprint density at radius 3 is 2.94 bits per heavy atom. The molecule has 2 heterocycles. The third-order valence-corrected chi connectivity index (χ3v) is 3.32. The lowest BCUT2D eigenvalue weighted by atomic mass is 9.99. The van der Waals surface area contributed by atoms with Crippen molar-refractivity contribution in [3.63, 3.8) is 0 Å². The molecule has 88 valence electrons. The summed E-state index contributed by atoms with van der Waals surface area (Å²) >= 11 is 0. The normalized spacial score (nSPS) is 24.2. The Labute approximate surface area is 97.2 Å². The van der Waals surface area contributed by atoms with Crippen LogP contribution in [0.2, 0.25) is 0 Å². The van der Waals surface area contributed by atoms with E-state index in [0.29, 0.717) is 18.0 Å². The van der Waals surface area contributed by atoms with E-state index in [1.165, 1.54) is 6.42 Å². The van der Waals surface area contributed by atoms with Crippen molar-refractivity contribution in [2.45, 2.75) is 32.4 Å². The molecule has 1 saturated heterocycles. The number of hydrogen-bond acceptors (Lipinski definition) is 3. The Hall–Kier alpha value is -0.930. The van der Waals surface area contributed by atoms with Crippen LogP contribution in [0.1, 0.15) is 32.0 Å². The fourth-order valence-electron chi connectivity index (χ4n) is 2.19. The van der Waals surface area contributed by atoms with E-state index < -0.39 is 0 Å². The van der Waals surface area contributed by atoms with Gasteiger partial charge in [-0.1, -0.05) is 6.07 Å². The molecule has 0 bridgehead atoms. The molecule has 1 aromatic rings. The third kappa shape index (κ3) is 2.80. The van der Waals surface area contributed by atoms with Gasteiger partial charge >= 0.3 is 0 Å². The van der Waals surface area contributed by atoms with Gasteiger partial charge in [0.05, 0.1) is 12.3 Å². The Morgan fingerprint density at radius 1 is 1.44 bits per heavy atom. The van der Waals surface area contributed by atoms with E-state index in [2.05, 4.69) is 30.2 Å². The molecule has 0 spiro atoms. The molecule has 0 saturated carbocycles. The zero-order chi connectivity index (χ0) is 11.4. The first kappa shape index (κ1) is 11.6. The van der Waals surface area contributed by atoms with Crippen molar-refractivity contribution in [1.82, 2.24) is 10.3 Å². The van der Waals surface area contributed by atoms with Gasteiger partial charge in [-0.3, -0.25) is 4.98 Å². The Bertz CT molecular complexity index is 309. The summed E-state index contributed by atoms with van der Waals surface area (Å²) in [5.41, 5.74) is 1.10. The summed E-state index contributed by atoms with van der Waals surface area (Å²) in [6, 6.07) is 6.83. The van der Waals surface area contributed by atoms with Crippen LogP contribution < -0.4 is 5.32 Å². The van der Waals surface area contributed by atoms with Gasteiger partial charge in [-0.2, -0.15) is 0 Å². The number of aromatic nitrogens is 1. The molecule has 16 heavy (non-hydrogen) atoms. The van der Waals surface area contributed by atoms with Crippen molar-refractivity contribution in [3.8, 4) is 0 Å². The van der Waals surface area contributed by atoms with Crippen LogP contribution in [0.25, 0.3) is 0 Å². The molecule has 1 aliphatic rings. The maximum atomic E-state index is 5.41. The van der Waals surface area contributed by atoms with Crippen LogP contribution in [-0.4, -0.2) is 24.2 Å². The van der Waals surface area contributed by atoms with Crippen molar-refractivity contribution in [2.75, 3.05) is 13.2 Å². The highest BCUT2D eigenvalue weighted by Gasteiger charge is 2.23. The minimum Gasteiger partial charge on any atom is -0.381 e. The van der Waals surface area contributed by atoms with Crippen molar-refractivity contribution < 1.29 is 4.74 Å². The van der Waals surface area contributed by atoms with E-state index in [1.54, 1.807) is 0 Å². The predicted molar refractivity (Wildman–Crippen MR) is 64.2 cm³/mol. The quantitative estimate of drug-likeness (QED) is 0.844. The number of nitrogens with zero attached hydrogens (tertiary/aromatic N) is 1. The van der Waals surface area contributed by atoms with Crippen LogP contribution in [-0.2, 0) is 4.74 Å². The summed E-state index contributed by atoms with van der Waals surface area (Å²) in [7, 11) is 0. The average molecular weight is 220 g/mol. The second kappa shape index (κ2) is 5.41. The fraction of sp³-hybridized carbons (Fsp3) is 0.615. The summed E-state index contributed by atoms with van der Waals surface area (Å²) in [6.07, 6.45) is 3.01. The van der Waals surface area contributed by atoms with Crippen molar-refractivity contribution in [1.29, 1.82) is 0 Å². The largest absolute Gasteiger partial charge is 0.381 e. The van der Waals surface area contributed by atoms with Crippen LogP contribution in [0.3, 0.4) is 0 Å². The van der Waals surface area contributed by atoms with Gasteiger partial charge in [-0.25, -0.2) is 0 Å². The minimum absolute atomic E-state index is 0.303. The van der Waals surface area contributed by atoms with E-state index >= 15 is 0 Å². The van der Waals surface area contributed by atoms with Gasteiger partial charge in [0.1, 0.15) is 0 Å². The lowest BCUT2D eigenvalue weighted by Crippen LogP contribution is -2.35. The second-order valence-corrected chi connectivity index (χ2v) is 4.56. The molecule has 3 nitrogen and oxygen atoms in total. The molecule has 1 N–H and O–H groups in total. The molecule has 0 aromatic carbocycles. The highest BCUT2D eigenvalue weighted by Crippen LogP contribution is 2.19. The number of hydrogen-bond donors (Lipinski definition) is 1. The van der Waals surface area contributed by atoms with E-state index in [-0.39, 0.29) is 0 Å². The standard InChI is InChI=1S/C13H20N2O/c1-10(12-6-8-16-9-12)15-11(2)13-5-3-4-7-14-13/h3-5,7,10-12,15H,6,8-9H2,1-2H3/t10?,11-,12?/m1/s1. The van der Waals surface area contributed by atoms with E-state index in [9.17, 15) is 0 Å². The maximum Gasteiger partial charge on any atom is 0.0570 e. The molecule has 0 radical (unpaired) electrons. The predicted octanol–water partition coefficient (Wildman–Crippen LogP) is 2.16. The van der Waals surface area contributed by atoms with Crippen molar-refractivity contribution >= 4 is 0 Å². The van der Waals surface area contributed by atoms with Gasteiger partial charge < -0.3 is 10.1 Å². The molecule has 0 amide bonds. The van der Waals surface area contributed by atoms with Crippen molar-refractivity contribution in [3.05, 3.63) is 30.1 Å². The van der Waals surface area contributed by atoms with Gasteiger partial charge in [0.2, 0.25) is 0 Å². The lowest BCUT2D eigenvalue weighted by Gasteiger charge is -2.23. The first-order chi connectivity index (χ1) is 7.77. The van der Waals surface area contributed by atoms with Gasteiger partial charge in [-0.05, 0) is 38.3 Å². The summed E-state index contributed by atoms with van der Waals surface area (Å²) < 4.78 is 5.41. The lowest BCUT2D eigenvalue weighted by molar-refractivity contribution is 0.177. The highest BCUT2D eigenvalue weighted by molar-refractivity contribution is 5.07. The molecule has 1 aliphatic heterocycles. The molecule has 3 atom stereocenters. The van der Waals surface area contributed by atoms with E-state index in [1.807, 2.05) is 18.3 Å². The van der Waals surface area contributed by atoms with Crippen LogP contribution in [0, 0.1) is 5.92 Å². The summed E-state index contributed by atoms with van der Waals surface area (Å²) in [5, 5.41) is 3.60. The first-order valence-corrected chi connectivity index (χ1v) is 6.02. The van der Waals surface area contributed by atoms with E-state index in [4.69, 9.17) is 4.74 Å². The Balaban J connectivity index is 1.89. The average Bonchev–Trinajstić information content (AvgIpc) is 2.83. The van der Waals surface area contributed by atoms with Gasteiger partial charge in [-0.15, -0.1) is 0 Å². The zero-order valence-corrected chi connectivity index (χ0v) is 10.0. The van der Waals surface area contributed by atoms with Crippen LogP contribution in [0.5, 0.6) is 0 Å². The van der Waals surface area contributed by atoms with Gasteiger partial charge in [0.15, 0.2) is 0 Å². The third-order valence-electron chi connectivity index (χ3n) is 3.32. The molecular weight excluding hydrogens is 200 g/mol. The van der Waals surface area contributed by atoms with Crippen LogP contribution in [0.4, 0.5) is 0 Å². The molecule has 1 fully saturated rings. The number of nitrogens with one attached hydrogen (secondary N) is 1. The molecule has 2 rings (SSSR count). The smallest absolute Gasteiger partial charge is 0.0570 e. The van der Waals surface area contributed by atoms with Crippen molar-refractivity contribution in [2.24, 2.45) is 5.92 Å². The topological polar surface area (TPSA) is 34.2 Å². The number of ether oxygens (including phenoxy) is 1. The Kier molecular flexibility index (Phi) is 3.91. The molecule has 2 unspecified atom stereocenters. The second-order valence-electron chi connectivity index (χ2n) is 4.56. The minimum atomic E-state index is 0.303. The number of rotatable bonds is 4. The van der Waals surface area contributed by atoms with Gasteiger partial charge in [0.25, 0.3) is 0 Å². The molecule has 3 heteroatoms. The van der Waals surface area contributed by atoms with Gasteiger partial charge in [0, 0.05) is 24.9 Å². The summed E-state index contributed by atoms with van der Waals surface area (Å²) in [6.45, 7) is 6.20.